The predicted octanol–water partition coefficient (Wildman–Crippen LogP) is 4.33. The number of carbonyl (C=O) groups excluding carboxylic acids is 1. The van der Waals surface area contributed by atoms with Crippen molar-refractivity contribution in [3.63, 3.8) is 0 Å². The van der Waals surface area contributed by atoms with E-state index >= 15 is 0 Å². The largest absolute Gasteiger partial charge is 0.489 e. The molecule has 1 aliphatic heterocycles. The summed E-state index contributed by atoms with van der Waals surface area (Å²) in [5.74, 6) is -0.0517. The molecule has 1 amide bonds. The Bertz CT molecular complexity index is 1660. The maximum atomic E-state index is 12.9. The molecule has 0 radical (unpaired) electrons. The standard InChI is InChI=1S/C30H26N4O4S/c31-18-24(30(35)32-26-14-15-39(36,37)21-26)16-25-19-34(27-11-5-2-6-12-27)33-29(25)23-10-7-13-28(17-23)38-20-22-8-3-1-4-9-22/h1-13,16-17,19,26H,14-15,20-21H2,(H,32,35)/b24-16+. The molecule has 1 fully saturated rings. The molecule has 8 nitrogen and oxygen atoms in total. The van der Waals surface area contributed by atoms with Crippen LogP contribution in [0.4, 0.5) is 0 Å². The number of hydrogen-bond acceptors (Lipinski definition) is 6. The maximum Gasteiger partial charge on any atom is 0.262 e. The zero-order valence-corrected chi connectivity index (χ0v) is 21.8. The minimum Gasteiger partial charge on any atom is -0.489 e. The molecule has 39 heavy (non-hydrogen) atoms. The Morgan fingerprint density at radius 1 is 1.08 bits per heavy atom. The van der Waals surface area contributed by atoms with Crippen molar-refractivity contribution < 1.29 is 17.9 Å². The third-order valence-electron chi connectivity index (χ3n) is 6.35. The topological polar surface area (TPSA) is 114 Å². The van der Waals surface area contributed by atoms with Crippen LogP contribution in [0.15, 0.2) is 96.7 Å². The van der Waals surface area contributed by atoms with Crippen LogP contribution in [0.5, 0.6) is 5.75 Å². The zero-order chi connectivity index (χ0) is 27.2. The van der Waals surface area contributed by atoms with Gasteiger partial charge in [0.25, 0.3) is 5.91 Å². The van der Waals surface area contributed by atoms with Crippen molar-refractivity contribution in [1.29, 1.82) is 5.26 Å². The van der Waals surface area contributed by atoms with Gasteiger partial charge in [0, 0.05) is 23.4 Å². The maximum absolute atomic E-state index is 12.9. The Kier molecular flexibility index (Phi) is 7.57. The van der Waals surface area contributed by atoms with Crippen molar-refractivity contribution in [2.45, 2.75) is 19.1 Å². The number of ether oxygens (including phenoxy) is 1. The normalized spacial score (nSPS) is 16.4. The van der Waals surface area contributed by atoms with Gasteiger partial charge in [-0.1, -0.05) is 60.7 Å². The van der Waals surface area contributed by atoms with E-state index in [1.807, 2.05) is 91.0 Å². The van der Waals surface area contributed by atoms with Crippen molar-refractivity contribution in [3.8, 4) is 28.8 Å². The highest BCUT2D eigenvalue weighted by Crippen LogP contribution is 2.29. The molecule has 1 saturated heterocycles. The first-order chi connectivity index (χ1) is 18.9. The van der Waals surface area contributed by atoms with E-state index in [-0.39, 0.29) is 17.1 Å². The Hall–Kier alpha value is -4.68. The Morgan fingerprint density at radius 3 is 2.51 bits per heavy atom. The highest BCUT2D eigenvalue weighted by atomic mass is 32.2. The lowest BCUT2D eigenvalue weighted by atomic mass is 10.1. The molecule has 2 heterocycles. The van der Waals surface area contributed by atoms with E-state index in [1.165, 1.54) is 6.08 Å². The van der Waals surface area contributed by atoms with E-state index in [4.69, 9.17) is 9.84 Å². The van der Waals surface area contributed by atoms with Crippen LogP contribution in [0.25, 0.3) is 23.0 Å². The summed E-state index contributed by atoms with van der Waals surface area (Å²) in [6, 6.07) is 28.3. The van der Waals surface area contributed by atoms with Crippen LogP contribution in [-0.2, 0) is 21.2 Å². The minimum absolute atomic E-state index is 0.0280. The third-order valence-corrected chi connectivity index (χ3v) is 8.12. The quantitative estimate of drug-likeness (QED) is 0.264. The highest BCUT2D eigenvalue weighted by molar-refractivity contribution is 7.91. The molecule has 1 aromatic heterocycles. The van der Waals surface area contributed by atoms with Gasteiger partial charge in [0.2, 0.25) is 0 Å². The fraction of sp³-hybridized carbons (Fsp3) is 0.167. The van der Waals surface area contributed by atoms with Crippen LogP contribution >= 0.6 is 0 Å². The molecule has 9 heteroatoms. The molecule has 3 aromatic carbocycles. The van der Waals surface area contributed by atoms with Gasteiger partial charge in [0.1, 0.15) is 29.7 Å². The second-order valence-electron chi connectivity index (χ2n) is 9.26. The van der Waals surface area contributed by atoms with Gasteiger partial charge in [-0.3, -0.25) is 4.79 Å². The highest BCUT2D eigenvalue weighted by Gasteiger charge is 2.29. The van der Waals surface area contributed by atoms with Crippen molar-refractivity contribution in [2.24, 2.45) is 0 Å². The first-order valence-electron chi connectivity index (χ1n) is 12.5. The third kappa shape index (κ3) is 6.43. The van der Waals surface area contributed by atoms with E-state index in [1.54, 1.807) is 10.9 Å². The SMILES string of the molecule is N#C/C(=C\c1cn(-c2ccccc2)nc1-c1cccc(OCc2ccccc2)c1)C(=O)NC1CCS(=O)(=O)C1. The number of nitriles is 1. The van der Waals surface area contributed by atoms with Gasteiger partial charge < -0.3 is 10.1 Å². The van der Waals surface area contributed by atoms with Gasteiger partial charge in [0.05, 0.1) is 17.2 Å². The lowest BCUT2D eigenvalue weighted by Gasteiger charge is -2.10. The first kappa shape index (κ1) is 25.9. The Balaban J connectivity index is 1.47. The van der Waals surface area contributed by atoms with E-state index in [2.05, 4.69) is 5.32 Å². The number of nitrogens with one attached hydrogen (secondary N) is 1. The predicted molar refractivity (Wildman–Crippen MR) is 149 cm³/mol. The number of carbonyl (C=O) groups is 1. The molecule has 1 aliphatic rings. The van der Waals surface area contributed by atoms with Gasteiger partial charge in [-0.25, -0.2) is 13.1 Å². The molecule has 1 atom stereocenters. The summed E-state index contributed by atoms with van der Waals surface area (Å²) in [4.78, 5) is 12.9. The molecule has 5 rings (SSSR count). The average Bonchev–Trinajstić information content (AvgIpc) is 3.54. The molecule has 0 bridgehead atoms. The van der Waals surface area contributed by atoms with Crippen LogP contribution in [0.3, 0.4) is 0 Å². The van der Waals surface area contributed by atoms with Gasteiger partial charge in [-0.2, -0.15) is 10.4 Å². The molecule has 0 spiro atoms. The van der Waals surface area contributed by atoms with Crippen molar-refractivity contribution in [1.82, 2.24) is 15.1 Å². The number of para-hydroxylation sites is 1. The van der Waals surface area contributed by atoms with Gasteiger partial charge in [-0.05, 0) is 42.3 Å². The number of aromatic nitrogens is 2. The smallest absolute Gasteiger partial charge is 0.262 e. The molecule has 1 unspecified atom stereocenters. The van der Waals surface area contributed by atoms with Gasteiger partial charge >= 0.3 is 0 Å². The van der Waals surface area contributed by atoms with E-state index < -0.39 is 21.8 Å². The minimum atomic E-state index is -3.17. The number of rotatable bonds is 8. The molecule has 1 N–H and O–H groups in total. The monoisotopic (exact) mass is 538 g/mol. The van der Waals surface area contributed by atoms with Gasteiger partial charge in [-0.15, -0.1) is 0 Å². The summed E-state index contributed by atoms with van der Waals surface area (Å²) < 4.78 is 31.3. The Morgan fingerprint density at radius 2 is 1.82 bits per heavy atom. The Labute approximate surface area is 227 Å². The number of benzene rings is 3. The van der Waals surface area contributed by atoms with E-state index in [0.717, 1.165) is 16.8 Å². The van der Waals surface area contributed by atoms with Gasteiger partial charge in [0.15, 0.2) is 9.84 Å². The van der Waals surface area contributed by atoms with Crippen molar-refractivity contribution in [2.75, 3.05) is 11.5 Å². The summed E-state index contributed by atoms with van der Waals surface area (Å²) >= 11 is 0. The molecule has 0 saturated carbocycles. The van der Waals surface area contributed by atoms with Crippen molar-refractivity contribution >= 4 is 21.8 Å². The number of amides is 1. The van der Waals surface area contributed by atoms with Crippen LogP contribution in [0, 0.1) is 11.3 Å². The molecule has 196 valence electrons. The molecule has 0 aliphatic carbocycles. The molecule has 4 aromatic rings. The number of sulfone groups is 1. The lowest BCUT2D eigenvalue weighted by molar-refractivity contribution is -0.117. The zero-order valence-electron chi connectivity index (χ0n) is 21.0. The second-order valence-corrected chi connectivity index (χ2v) is 11.5. The van der Waals surface area contributed by atoms with Crippen LogP contribution < -0.4 is 10.1 Å². The van der Waals surface area contributed by atoms with Crippen LogP contribution in [0.1, 0.15) is 17.5 Å². The number of nitrogens with zero attached hydrogens (tertiary/aromatic N) is 3. The van der Waals surface area contributed by atoms with Crippen molar-refractivity contribution in [3.05, 3.63) is 108 Å². The summed E-state index contributed by atoms with van der Waals surface area (Å²) in [5, 5.41) is 17.3. The summed E-state index contributed by atoms with van der Waals surface area (Å²) in [6.45, 7) is 0.408. The molecular weight excluding hydrogens is 512 g/mol. The van der Waals surface area contributed by atoms with E-state index in [0.29, 0.717) is 30.0 Å². The second kappa shape index (κ2) is 11.4. The lowest BCUT2D eigenvalue weighted by Crippen LogP contribution is -2.36. The molecular formula is C30H26N4O4S. The summed E-state index contributed by atoms with van der Waals surface area (Å²) in [6.07, 6.45) is 3.57. The van der Waals surface area contributed by atoms with Crippen LogP contribution in [0.2, 0.25) is 0 Å². The first-order valence-corrected chi connectivity index (χ1v) is 14.3. The average molecular weight is 539 g/mol. The fourth-order valence-corrected chi connectivity index (χ4v) is 6.05. The number of hydrogen-bond donors (Lipinski definition) is 1. The summed E-state index contributed by atoms with van der Waals surface area (Å²) in [7, 11) is -3.17. The fourth-order valence-electron chi connectivity index (χ4n) is 4.38. The van der Waals surface area contributed by atoms with E-state index in [9.17, 15) is 18.5 Å². The summed E-state index contributed by atoms with van der Waals surface area (Å²) in [5.41, 5.74) is 3.59. The van der Waals surface area contributed by atoms with Crippen LogP contribution in [-0.4, -0.2) is 41.7 Å².